The minimum atomic E-state index is -0.353. The first kappa shape index (κ1) is 14.6. The molecule has 1 aliphatic heterocycles. The molecular formula is C19H19ClN2O2. The highest BCUT2D eigenvalue weighted by Crippen LogP contribution is 2.64. The van der Waals surface area contributed by atoms with Crippen molar-refractivity contribution in [3.8, 4) is 0 Å². The van der Waals surface area contributed by atoms with Crippen LogP contribution in [-0.2, 0) is 9.53 Å². The number of halogens is 1. The van der Waals surface area contributed by atoms with E-state index in [1.807, 2.05) is 12.1 Å². The first-order chi connectivity index (χ1) is 11.5. The highest BCUT2D eigenvalue weighted by molar-refractivity contribution is 6.24. The Hall–Kier alpha value is -1.68. The number of cyclic esters (lactones) is 1. The van der Waals surface area contributed by atoms with E-state index in [1.165, 1.54) is 6.42 Å². The molecule has 124 valence electrons. The Morgan fingerprint density at radius 1 is 1.25 bits per heavy atom. The van der Waals surface area contributed by atoms with Crippen LogP contribution in [0.4, 0.5) is 0 Å². The Bertz CT molecular complexity index is 757. The number of carbonyl (C=O) groups excluding carboxylic acids is 1. The predicted molar refractivity (Wildman–Crippen MR) is 91.4 cm³/mol. The molecule has 4 bridgehead atoms. The number of pyridine rings is 1. The third-order valence-corrected chi connectivity index (χ3v) is 6.49. The Balaban J connectivity index is 1.50. The van der Waals surface area contributed by atoms with Gasteiger partial charge in [0.05, 0.1) is 0 Å². The minimum Gasteiger partial charge on any atom is -0.406 e. The highest BCUT2D eigenvalue weighted by Gasteiger charge is 2.60. The summed E-state index contributed by atoms with van der Waals surface area (Å²) in [6, 6.07) is 3.74. The lowest BCUT2D eigenvalue weighted by molar-refractivity contribution is -0.131. The number of ether oxygens (including phenoxy) is 1. The molecule has 0 aromatic carbocycles. The Morgan fingerprint density at radius 2 is 2.04 bits per heavy atom. The Labute approximate surface area is 146 Å². The lowest BCUT2D eigenvalue weighted by atomic mass is 9.49. The molecule has 4 aliphatic carbocycles. The van der Waals surface area contributed by atoms with E-state index in [9.17, 15) is 4.79 Å². The summed E-state index contributed by atoms with van der Waals surface area (Å²) in [5.41, 5.74) is 1.09. The van der Waals surface area contributed by atoms with Crippen molar-refractivity contribution in [3.05, 3.63) is 35.8 Å². The van der Waals surface area contributed by atoms with Crippen LogP contribution in [0.15, 0.2) is 35.2 Å². The molecule has 0 spiro atoms. The molecule has 0 amide bonds. The number of rotatable bonds is 2. The van der Waals surface area contributed by atoms with Gasteiger partial charge in [0.25, 0.3) is 0 Å². The van der Waals surface area contributed by atoms with Crippen LogP contribution in [0.1, 0.15) is 44.1 Å². The summed E-state index contributed by atoms with van der Waals surface area (Å²) < 4.78 is 5.64. The number of carbonyl (C=O) groups is 1. The molecule has 4 saturated carbocycles. The summed E-state index contributed by atoms with van der Waals surface area (Å²) >= 11 is 6.88. The fourth-order valence-corrected chi connectivity index (χ4v) is 6.35. The predicted octanol–water partition coefficient (Wildman–Crippen LogP) is 3.96. The SMILES string of the molecule is O=C1OC(C23C[C@@H]4C[C@@H](CC(Cl)(C4)C2)C3)=N/C1=C\c1cccnc1. The normalized spacial score (nSPS) is 41.6. The third kappa shape index (κ3) is 2.23. The maximum absolute atomic E-state index is 12.3. The second kappa shape index (κ2) is 4.92. The monoisotopic (exact) mass is 342 g/mol. The van der Waals surface area contributed by atoms with Crippen molar-refractivity contribution in [3.63, 3.8) is 0 Å². The minimum absolute atomic E-state index is 0.116. The first-order valence-corrected chi connectivity index (χ1v) is 9.04. The largest absolute Gasteiger partial charge is 0.406 e. The molecule has 5 heteroatoms. The summed E-state index contributed by atoms with van der Waals surface area (Å²) in [7, 11) is 0. The summed E-state index contributed by atoms with van der Waals surface area (Å²) in [5.74, 6) is 1.56. The summed E-state index contributed by atoms with van der Waals surface area (Å²) in [4.78, 5) is 20.9. The zero-order valence-corrected chi connectivity index (χ0v) is 14.1. The second-order valence-corrected chi connectivity index (χ2v) is 8.82. The van der Waals surface area contributed by atoms with Gasteiger partial charge in [-0.2, -0.15) is 0 Å². The van der Waals surface area contributed by atoms with Gasteiger partial charge >= 0.3 is 5.97 Å². The summed E-state index contributed by atoms with van der Waals surface area (Å²) in [6.45, 7) is 0. The van der Waals surface area contributed by atoms with Gasteiger partial charge in [-0.05, 0) is 68.1 Å². The molecule has 0 N–H and O–H groups in total. The molecule has 4 atom stereocenters. The topological polar surface area (TPSA) is 51.5 Å². The molecule has 24 heavy (non-hydrogen) atoms. The fourth-order valence-electron chi connectivity index (χ4n) is 5.66. The van der Waals surface area contributed by atoms with Crippen molar-refractivity contribution >= 4 is 29.5 Å². The maximum Gasteiger partial charge on any atom is 0.363 e. The van der Waals surface area contributed by atoms with Crippen LogP contribution < -0.4 is 0 Å². The van der Waals surface area contributed by atoms with Crippen LogP contribution in [0.5, 0.6) is 0 Å². The standard InChI is InChI=1S/C19H19ClN2O2/c20-19-8-13-4-14(9-19)7-18(6-13,11-19)17-22-15(16(23)24-17)5-12-2-1-3-21-10-12/h1-3,5,10,13-14H,4,6-9,11H2/b15-5-/t13-,14+,18?,19?. The molecule has 1 aromatic rings. The quantitative estimate of drug-likeness (QED) is 0.464. The lowest BCUT2D eigenvalue weighted by Crippen LogP contribution is -2.56. The fraction of sp³-hybridized carbons (Fsp3) is 0.526. The van der Waals surface area contributed by atoms with Crippen molar-refractivity contribution in [2.24, 2.45) is 22.2 Å². The van der Waals surface area contributed by atoms with E-state index in [-0.39, 0.29) is 16.3 Å². The van der Waals surface area contributed by atoms with Crippen LogP contribution in [0.2, 0.25) is 0 Å². The smallest absolute Gasteiger partial charge is 0.363 e. The molecule has 2 heterocycles. The van der Waals surface area contributed by atoms with E-state index in [1.54, 1.807) is 18.5 Å². The Kier molecular flexibility index (Phi) is 3.00. The molecule has 2 unspecified atom stereocenters. The number of hydrogen-bond donors (Lipinski definition) is 0. The molecule has 6 rings (SSSR count). The van der Waals surface area contributed by atoms with Crippen LogP contribution >= 0.6 is 11.6 Å². The van der Waals surface area contributed by atoms with Crippen LogP contribution in [-0.4, -0.2) is 21.7 Å². The zero-order chi connectivity index (χ0) is 16.4. The summed E-state index contributed by atoms with van der Waals surface area (Å²) in [5, 5.41) is 0. The van der Waals surface area contributed by atoms with Crippen LogP contribution in [0.3, 0.4) is 0 Å². The van der Waals surface area contributed by atoms with Gasteiger partial charge in [0.2, 0.25) is 5.90 Å². The van der Waals surface area contributed by atoms with Crippen molar-refractivity contribution in [2.45, 2.75) is 43.4 Å². The molecule has 0 saturated heterocycles. The van der Waals surface area contributed by atoms with Gasteiger partial charge < -0.3 is 4.74 Å². The number of hydrogen-bond acceptors (Lipinski definition) is 4. The van der Waals surface area contributed by atoms with Gasteiger partial charge in [-0.3, -0.25) is 4.98 Å². The van der Waals surface area contributed by atoms with E-state index in [0.717, 1.165) is 37.7 Å². The molecular weight excluding hydrogens is 324 g/mol. The first-order valence-electron chi connectivity index (χ1n) is 8.66. The average molecular weight is 343 g/mol. The van der Waals surface area contributed by atoms with Gasteiger partial charge in [0.1, 0.15) is 0 Å². The van der Waals surface area contributed by atoms with Gasteiger partial charge in [0.15, 0.2) is 5.70 Å². The summed E-state index contributed by atoms with van der Waals surface area (Å²) in [6.07, 6.45) is 11.7. The van der Waals surface area contributed by atoms with Crippen molar-refractivity contribution < 1.29 is 9.53 Å². The van der Waals surface area contributed by atoms with Crippen molar-refractivity contribution in [2.75, 3.05) is 0 Å². The van der Waals surface area contributed by atoms with Crippen molar-refractivity contribution in [1.82, 2.24) is 4.98 Å². The number of nitrogens with zero attached hydrogens (tertiary/aromatic N) is 2. The Morgan fingerprint density at radius 3 is 2.71 bits per heavy atom. The molecule has 0 radical (unpaired) electrons. The number of esters is 1. The highest BCUT2D eigenvalue weighted by atomic mass is 35.5. The van der Waals surface area contributed by atoms with E-state index in [4.69, 9.17) is 16.3 Å². The number of aromatic nitrogens is 1. The third-order valence-electron chi connectivity index (χ3n) is 6.05. The van der Waals surface area contributed by atoms with Crippen LogP contribution in [0.25, 0.3) is 6.08 Å². The van der Waals surface area contributed by atoms with E-state index < -0.39 is 0 Å². The molecule has 5 aliphatic rings. The molecule has 4 fully saturated rings. The molecule has 4 nitrogen and oxygen atoms in total. The van der Waals surface area contributed by atoms with E-state index in [0.29, 0.717) is 23.4 Å². The van der Waals surface area contributed by atoms with Gasteiger partial charge in [0, 0.05) is 22.7 Å². The van der Waals surface area contributed by atoms with Crippen molar-refractivity contribution in [1.29, 1.82) is 0 Å². The molecule has 1 aromatic heterocycles. The zero-order valence-electron chi connectivity index (χ0n) is 13.4. The average Bonchev–Trinajstić information content (AvgIpc) is 2.88. The van der Waals surface area contributed by atoms with Crippen LogP contribution in [0, 0.1) is 17.3 Å². The second-order valence-electron chi connectivity index (χ2n) is 8.01. The van der Waals surface area contributed by atoms with E-state index in [2.05, 4.69) is 9.98 Å². The van der Waals surface area contributed by atoms with Gasteiger partial charge in [-0.15, -0.1) is 11.6 Å². The lowest BCUT2D eigenvalue weighted by Gasteiger charge is -2.59. The number of aliphatic imine (C=N–C) groups is 1. The van der Waals surface area contributed by atoms with E-state index >= 15 is 0 Å². The maximum atomic E-state index is 12.3. The van der Waals surface area contributed by atoms with Gasteiger partial charge in [-0.25, -0.2) is 9.79 Å². The van der Waals surface area contributed by atoms with Gasteiger partial charge in [-0.1, -0.05) is 6.07 Å². The number of alkyl halides is 1.